The Bertz CT molecular complexity index is 519. The first-order chi connectivity index (χ1) is 12.0. The summed E-state index contributed by atoms with van der Waals surface area (Å²) >= 11 is 0. The summed E-state index contributed by atoms with van der Waals surface area (Å²) in [5.41, 5.74) is 0.446. The van der Waals surface area contributed by atoms with Gasteiger partial charge in [-0.3, -0.25) is 4.79 Å². The summed E-state index contributed by atoms with van der Waals surface area (Å²) in [7, 11) is 0. The number of amides is 3. The molecule has 0 spiro atoms. The summed E-state index contributed by atoms with van der Waals surface area (Å²) < 4.78 is 0. The van der Waals surface area contributed by atoms with Crippen LogP contribution in [0.4, 0.5) is 4.79 Å². The van der Waals surface area contributed by atoms with Gasteiger partial charge in [-0.2, -0.15) is 0 Å². The number of carbonyl (C=O) groups excluding carboxylic acids is 2. The second kappa shape index (κ2) is 6.48. The minimum atomic E-state index is 0.111. The van der Waals surface area contributed by atoms with Crippen LogP contribution in [-0.2, 0) is 4.79 Å². The van der Waals surface area contributed by atoms with Gasteiger partial charge in [0.2, 0.25) is 5.91 Å². The van der Waals surface area contributed by atoms with Gasteiger partial charge in [-0.25, -0.2) is 4.79 Å². The first kappa shape index (κ1) is 17.2. The summed E-state index contributed by atoms with van der Waals surface area (Å²) in [4.78, 5) is 29.2. The maximum absolute atomic E-state index is 12.6. The standard InChI is InChI=1S/C20H33N3O2/c1-20(2)16-12-23(13-17(16)20)19(25)21-15-8-10-22(11-9-15)18(24)14-6-4-3-5-7-14/h14-17H,3-13H2,1-2H3,(H,21,25)/t16-,17-/m1/s1. The fourth-order valence-corrected chi connectivity index (χ4v) is 5.42. The molecule has 0 bridgehead atoms. The maximum atomic E-state index is 12.6. The molecular formula is C20H33N3O2. The lowest BCUT2D eigenvalue weighted by atomic mass is 9.87. The van der Waals surface area contributed by atoms with Crippen LogP contribution < -0.4 is 5.32 Å². The molecule has 2 aliphatic carbocycles. The number of rotatable bonds is 2. The van der Waals surface area contributed by atoms with Crippen LogP contribution in [0.2, 0.25) is 0 Å². The van der Waals surface area contributed by atoms with Crippen molar-refractivity contribution in [3.05, 3.63) is 0 Å². The lowest BCUT2D eigenvalue weighted by Gasteiger charge is -2.36. The zero-order valence-corrected chi connectivity index (χ0v) is 15.8. The van der Waals surface area contributed by atoms with Crippen molar-refractivity contribution in [3.63, 3.8) is 0 Å². The minimum Gasteiger partial charge on any atom is -0.342 e. The third kappa shape index (κ3) is 3.26. The Morgan fingerprint density at radius 1 is 0.880 bits per heavy atom. The average Bonchev–Trinajstić information content (AvgIpc) is 2.99. The van der Waals surface area contributed by atoms with E-state index < -0.39 is 0 Å². The molecule has 3 amide bonds. The predicted molar refractivity (Wildman–Crippen MR) is 97.0 cm³/mol. The van der Waals surface area contributed by atoms with E-state index >= 15 is 0 Å². The van der Waals surface area contributed by atoms with E-state index in [0.29, 0.717) is 23.2 Å². The van der Waals surface area contributed by atoms with Crippen LogP contribution in [0.5, 0.6) is 0 Å². The van der Waals surface area contributed by atoms with E-state index in [2.05, 4.69) is 19.2 Å². The second-order valence-corrected chi connectivity index (χ2v) is 9.32. The van der Waals surface area contributed by atoms with E-state index in [4.69, 9.17) is 0 Å². The van der Waals surface area contributed by atoms with Crippen molar-refractivity contribution in [2.24, 2.45) is 23.2 Å². The van der Waals surface area contributed by atoms with Crippen molar-refractivity contribution in [1.29, 1.82) is 0 Å². The summed E-state index contributed by atoms with van der Waals surface area (Å²) in [5.74, 6) is 2.03. The molecule has 0 unspecified atom stereocenters. The van der Waals surface area contributed by atoms with Crippen LogP contribution in [0, 0.1) is 23.2 Å². The molecule has 2 atom stereocenters. The summed E-state index contributed by atoms with van der Waals surface area (Å²) in [6.07, 6.45) is 7.64. The fraction of sp³-hybridized carbons (Fsp3) is 0.900. The monoisotopic (exact) mass is 347 g/mol. The van der Waals surface area contributed by atoms with Crippen LogP contribution in [0.15, 0.2) is 0 Å². The molecule has 2 saturated carbocycles. The van der Waals surface area contributed by atoms with Gasteiger partial charge in [0.1, 0.15) is 0 Å². The van der Waals surface area contributed by atoms with Crippen molar-refractivity contribution in [1.82, 2.24) is 15.1 Å². The zero-order chi connectivity index (χ0) is 17.6. The summed E-state index contributed by atoms with van der Waals surface area (Å²) in [6, 6.07) is 0.341. The van der Waals surface area contributed by atoms with Crippen LogP contribution in [0.1, 0.15) is 58.8 Å². The van der Waals surface area contributed by atoms with Crippen LogP contribution >= 0.6 is 0 Å². The van der Waals surface area contributed by atoms with Crippen molar-refractivity contribution in [3.8, 4) is 0 Å². The molecule has 4 aliphatic rings. The highest BCUT2D eigenvalue weighted by Gasteiger charge is 2.62. The van der Waals surface area contributed by atoms with E-state index in [1.54, 1.807) is 0 Å². The highest BCUT2D eigenvalue weighted by molar-refractivity contribution is 5.79. The Labute approximate surface area is 151 Å². The minimum absolute atomic E-state index is 0.111. The van der Waals surface area contributed by atoms with Crippen LogP contribution in [0.25, 0.3) is 0 Å². The Morgan fingerprint density at radius 3 is 2.08 bits per heavy atom. The van der Waals surface area contributed by atoms with Gasteiger partial charge in [-0.15, -0.1) is 0 Å². The summed E-state index contributed by atoms with van der Waals surface area (Å²) in [5, 5.41) is 3.22. The van der Waals surface area contributed by atoms with Crippen molar-refractivity contribution in [2.45, 2.75) is 64.8 Å². The molecule has 1 N–H and O–H groups in total. The number of urea groups is 1. The number of hydrogen-bond donors (Lipinski definition) is 1. The molecule has 5 heteroatoms. The lowest BCUT2D eigenvalue weighted by molar-refractivity contribution is -0.137. The number of piperidine rings is 2. The normalized spacial score (nSPS) is 32.4. The predicted octanol–water partition coefficient (Wildman–Crippen LogP) is 2.86. The van der Waals surface area contributed by atoms with E-state index in [1.165, 1.54) is 19.3 Å². The fourth-order valence-electron chi connectivity index (χ4n) is 5.42. The highest BCUT2D eigenvalue weighted by Crippen LogP contribution is 2.61. The topological polar surface area (TPSA) is 52.7 Å². The molecule has 2 aliphatic heterocycles. The molecular weight excluding hydrogens is 314 g/mol. The molecule has 5 nitrogen and oxygen atoms in total. The van der Waals surface area contributed by atoms with Gasteiger partial charge in [-0.1, -0.05) is 33.1 Å². The first-order valence-corrected chi connectivity index (χ1v) is 10.3. The van der Waals surface area contributed by atoms with Crippen molar-refractivity contribution >= 4 is 11.9 Å². The van der Waals surface area contributed by atoms with Crippen molar-refractivity contribution < 1.29 is 9.59 Å². The number of nitrogens with one attached hydrogen (secondary N) is 1. The van der Waals surface area contributed by atoms with E-state index in [9.17, 15) is 9.59 Å². The highest BCUT2D eigenvalue weighted by atomic mass is 16.2. The second-order valence-electron chi connectivity index (χ2n) is 9.32. The Morgan fingerprint density at radius 2 is 1.48 bits per heavy atom. The molecule has 0 radical (unpaired) electrons. The third-order valence-corrected chi connectivity index (χ3v) is 7.50. The smallest absolute Gasteiger partial charge is 0.317 e. The molecule has 4 fully saturated rings. The van der Waals surface area contributed by atoms with Crippen LogP contribution in [-0.4, -0.2) is 54.0 Å². The zero-order valence-electron chi connectivity index (χ0n) is 15.8. The van der Waals surface area contributed by atoms with Gasteiger partial charge in [0.15, 0.2) is 0 Å². The van der Waals surface area contributed by atoms with E-state index in [0.717, 1.165) is 51.9 Å². The van der Waals surface area contributed by atoms with E-state index in [1.807, 2.05) is 9.80 Å². The third-order valence-electron chi connectivity index (χ3n) is 7.50. The quantitative estimate of drug-likeness (QED) is 0.835. The molecule has 2 heterocycles. The van der Waals surface area contributed by atoms with Crippen LogP contribution in [0.3, 0.4) is 0 Å². The molecule has 0 aromatic heterocycles. The Hall–Kier alpha value is -1.26. The van der Waals surface area contributed by atoms with Gasteiger partial charge in [0.05, 0.1) is 0 Å². The number of fused-ring (bicyclic) bond motifs is 1. The molecule has 25 heavy (non-hydrogen) atoms. The number of hydrogen-bond acceptors (Lipinski definition) is 2. The first-order valence-electron chi connectivity index (χ1n) is 10.3. The molecule has 4 rings (SSSR count). The largest absolute Gasteiger partial charge is 0.342 e. The summed E-state index contributed by atoms with van der Waals surface area (Å²) in [6.45, 7) is 8.08. The lowest BCUT2D eigenvalue weighted by Crippen LogP contribution is -2.51. The van der Waals surface area contributed by atoms with Gasteiger partial charge in [0, 0.05) is 38.1 Å². The SMILES string of the molecule is CC1(C)[C@@H]2CN(C(=O)NC3CCN(C(=O)C4CCCCC4)CC3)C[C@H]21. The average molecular weight is 348 g/mol. The van der Waals surface area contributed by atoms with Crippen molar-refractivity contribution in [2.75, 3.05) is 26.2 Å². The van der Waals surface area contributed by atoms with Gasteiger partial charge in [-0.05, 0) is 42.9 Å². The van der Waals surface area contributed by atoms with E-state index in [-0.39, 0.29) is 18.0 Å². The number of carbonyl (C=O) groups is 2. The number of nitrogens with zero attached hydrogens (tertiary/aromatic N) is 2. The van der Waals surface area contributed by atoms with Gasteiger partial charge < -0.3 is 15.1 Å². The molecule has 0 aromatic carbocycles. The molecule has 2 saturated heterocycles. The Balaban J connectivity index is 1.20. The Kier molecular flexibility index (Phi) is 4.45. The molecule has 0 aromatic rings. The van der Waals surface area contributed by atoms with Gasteiger partial charge >= 0.3 is 6.03 Å². The number of likely N-dealkylation sites (tertiary alicyclic amines) is 2. The van der Waals surface area contributed by atoms with Gasteiger partial charge in [0.25, 0.3) is 0 Å². The molecule has 140 valence electrons. The maximum Gasteiger partial charge on any atom is 0.317 e.